The molecule has 1 aliphatic carbocycles. The number of carbonyl (C=O) groups is 2. The summed E-state index contributed by atoms with van der Waals surface area (Å²) in [5, 5.41) is 17.9. The zero-order chi connectivity index (χ0) is 40.0. The van der Waals surface area contributed by atoms with Crippen molar-refractivity contribution < 1.29 is 19.4 Å². The molecule has 3 aromatic carbocycles. The quantitative estimate of drug-likeness (QED) is 0.0402. The monoisotopic (exact) mass is 770 g/mol. The summed E-state index contributed by atoms with van der Waals surface area (Å²) in [5.74, 6) is 2.86. The van der Waals surface area contributed by atoms with E-state index in [9.17, 15) is 14.7 Å². The lowest BCUT2D eigenvalue weighted by molar-refractivity contribution is -0.124. The highest BCUT2D eigenvalue weighted by atomic mass is 16.5. The fourth-order valence-corrected chi connectivity index (χ4v) is 9.30. The number of nitrogens with two attached hydrogens (primary N) is 1. The van der Waals surface area contributed by atoms with Gasteiger partial charge < -0.3 is 26.2 Å². The van der Waals surface area contributed by atoms with Gasteiger partial charge in [0.2, 0.25) is 0 Å². The van der Waals surface area contributed by atoms with E-state index < -0.39 is 0 Å². The van der Waals surface area contributed by atoms with Crippen LogP contribution in [0.15, 0.2) is 85.1 Å². The van der Waals surface area contributed by atoms with Crippen molar-refractivity contribution >= 4 is 23.5 Å². The third-order valence-electron chi connectivity index (χ3n) is 12.4. The van der Waals surface area contributed by atoms with E-state index in [1.165, 1.54) is 55.6 Å². The average molecular weight is 771 g/mol. The van der Waals surface area contributed by atoms with Gasteiger partial charge in [-0.15, -0.1) is 0 Å². The van der Waals surface area contributed by atoms with E-state index in [-0.39, 0.29) is 23.7 Å². The molecule has 1 aromatic heterocycles. The molecule has 2 fully saturated rings. The molecule has 0 amide bonds. The number of anilines is 1. The number of piperidine rings is 1. The van der Waals surface area contributed by atoms with Crippen LogP contribution in [0, 0.1) is 17.8 Å². The van der Waals surface area contributed by atoms with Gasteiger partial charge in [0.05, 0.1) is 13.5 Å². The van der Waals surface area contributed by atoms with Crippen molar-refractivity contribution in [2.24, 2.45) is 17.8 Å². The number of ether oxygens (including phenoxy) is 1. The fraction of sp³-hybridized carbons (Fsp3) is 0.449. The third kappa shape index (κ3) is 12.1. The molecule has 1 aliphatic heterocycles. The van der Waals surface area contributed by atoms with Crippen LogP contribution in [0.5, 0.6) is 11.5 Å². The number of phenolic OH excluding ortho intramolecular Hbond substituents is 1. The Morgan fingerprint density at radius 2 is 1.67 bits per heavy atom. The van der Waals surface area contributed by atoms with Crippen molar-refractivity contribution in [1.29, 1.82) is 0 Å². The Bertz CT molecular complexity index is 1960. The number of rotatable bonds is 20. The number of aromatic hydroxyl groups is 1. The molecule has 5 N–H and O–H groups in total. The molecule has 1 saturated carbocycles. The van der Waals surface area contributed by atoms with Crippen LogP contribution in [0.4, 0.5) is 5.82 Å². The van der Waals surface area contributed by atoms with Crippen LogP contribution in [0.2, 0.25) is 0 Å². The second-order valence-electron chi connectivity index (χ2n) is 16.3. The van der Waals surface area contributed by atoms with E-state index in [1.54, 1.807) is 24.4 Å². The van der Waals surface area contributed by atoms with Crippen LogP contribution < -0.4 is 21.1 Å². The summed E-state index contributed by atoms with van der Waals surface area (Å²) in [6.07, 6.45) is 17.4. The van der Waals surface area contributed by atoms with Crippen LogP contribution in [-0.2, 0) is 41.7 Å². The van der Waals surface area contributed by atoms with Gasteiger partial charge in [-0.3, -0.25) is 9.59 Å². The van der Waals surface area contributed by atoms with Crippen LogP contribution in [0.25, 0.3) is 6.08 Å². The number of methoxy groups -OCH3 is 1. The highest BCUT2D eigenvalue weighted by molar-refractivity contribution is 6.06. The average Bonchev–Trinajstić information content (AvgIpc) is 3.23. The van der Waals surface area contributed by atoms with Gasteiger partial charge in [0.15, 0.2) is 17.3 Å². The number of carbonyl (C=O) groups excluding carboxylic acids is 2. The van der Waals surface area contributed by atoms with E-state index in [0.717, 1.165) is 92.1 Å². The summed E-state index contributed by atoms with van der Waals surface area (Å²) < 4.78 is 5.42. The summed E-state index contributed by atoms with van der Waals surface area (Å²) in [6.45, 7) is 2.28. The number of nitrogens with one attached hydrogen (secondary N) is 2. The fourth-order valence-electron chi connectivity index (χ4n) is 9.30. The molecule has 0 spiro atoms. The van der Waals surface area contributed by atoms with E-state index in [1.807, 2.05) is 12.1 Å². The zero-order valence-corrected chi connectivity index (χ0v) is 34.0. The number of aryl methyl sites for hydroxylation is 4. The first-order valence-corrected chi connectivity index (χ1v) is 21.1. The minimum Gasteiger partial charge on any atom is -0.504 e. The highest BCUT2D eigenvalue weighted by Gasteiger charge is 2.39. The second kappa shape index (κ2) is 21.1. The van der Waals surface area contributed by atoms with Crippen LogP contribution in [0.3, 0.4) is 0 Å². The number of nitrogen functional groups attached to an aromatic ring is 1. The Labute approximate surface area is 339 Å². The lowest BCUT2D eigenvalue weighted by Crippen LogP contribution is -2.50. The Kier molecular flexibility index (Phi) is 15.5. The summed E-state index contributed by atoms with van der Waals surface area (Å²) in [4.78, 5) is 30.3. The molecular weight excluding hydrogens is 709 g/mol. The number of pyridine rings is 1. The number of hydrogen-bond donors (Lipinski definition) is 4. The largest absolute Gasteiger partial charge is 0.504 e. The topological polar surface area (TPSA) is 127 Å². The molecule has 4 aromatic rings. The van der Waals surface area contributed by atoms with Crippen molar-refractivity contribution in [1.82, 2.24) is 15.6 Å². The molecule has 0 unspecified atom stereocenters. The summed E-state index contributed by atoms with van der Waals surface area (Å²) in [7, 11) is 3.61. The van der Waals surface area contributed by atoms with E-state index in [4.69, 9.17) is 10.5 Å². The normalized spacial score (nSPS) is 19.3. The molecule has 57 heavy (non-hydrogen) atoms. The number of allylic oxidation sites excluding steroid dienone is 1. The maximum atomic E-state index is 13.0. The van der Waals surface area contributed by atoms with Crippen molar-refractivity contribution in [3.63, 3.8) is 0 Å². The van der Waals surface area contributed by atoms with Crippen molar-refractivity contribution in [2.75, 3.05) is 33.0 Å². The van der Waals surface area contributed by atoms with E-state index in [2.05, 4.69) is 71.2 Å². The van der Waals surface area contributed by atoms with E-state index in [0.29, 0.717) is 36.4 Å². The molecule has 6 rings (SSSR count). The first-order chi connectivity index (χ1) is 27.8. The summed E-state index contributed by atoms with van der Waals surface area (Å²) >= 11 is 0. The summed E-state index contributed by atoms with van der Waals surface area (Å²) in [5.41, 5.74) is 13.7. The highest BCUT2D eigenvalue weighted by Crippen LogP contribution is 2.41. The molecule has 4 atom stereocenters. The number of hydrogen-bond acceptors (Lipinski definition) is 8. The SMILES string of the molecule is CN[C@H]1CC[C@H]2CNCC[C@@H]2[C@H]1CCCCCC(=O)CC(=O)C=Cc1cc(OC)c(O)cc1Cc1cnc(N)cc1CCc1cccc(CCc2ccccc2)c1. The number of aromatic nitrogens is 1. The molecular formula is C49H62N4O4. The Balaban J connectivity index is 1.03. The maximum absolute atomic E-state index is 13.0. The zero-order valence-electron chi connectivity index (χ0n) is 34.0. The number of nitrogens with zero attached hydrogens (tertiary/aromatic N) is 1. The smallest absolute Gasteiger partial charge is 0.163 e. The lowest BCUT2D eigenvalue weighted by atomic mass is 9.65. The number of phenols is 1. The van der Waals surface area contributed by atoms with Gasteiger partial charge in [-0.25, -0.2) is 4.98 Å². The Morgan fingerprint density at radius 3 is 2.46 bits per heavy atom. The van der Waals surface area contributed by atoms with Crippen LogP contribution >= 0.6 is 0 Å². The molecule has 8 heteroatoms. The number of Topliss-reactive ketones (excluding diaryl/α,β-unsaturated/α-hetero) is 1. The van der Waals surface area contributed by atoms with Crippen molar-refractivity contribution in [3.05, 3.63) is 124 Å². The number of ketones is 2. The number of fused-ring (bicyclic) bond motifs is 1. The molecule has 2 aliphatic rings. The van der Waals surface area contributed by atoms with Crippen LogP contribution in [0.1, 0.15) is 96.7 Å². The van der Waals surface area contributed by atoms with Gasteiger partial charge >= 0.3 is 0 Å². The predicted molar refractivity (Wildman–Crippen MR) is 231 cm³/mol. The second-order valence-corrected chi connectivity index (χ2v) is 16.3. The molecule has 2 heterocycles. The Morgan fingerprint density at radius 1 is 0.895 bits per heavy atom. The van der Waals surface area contributed by atoms with Gasteiger partial charge in [-0.2, -0.15) is 0 Å². The van der Waals surface area contributed by atoms with Gasteiger partial charge in [-0.05, 0) is 165 Å². The number of benzene rings is 3. The van der Waals surface area contributed by atoms with Gasteiger partial charge in [0.1, 0.15) is 11.6 Å². The minimum absolute atomic E-state index is 0.0170. The van der Waals surface area contributed by atoms with Crippen LogP contribution in [-0.4, -0.2) is 54.9 Å². The first kappa shape index (κ1) is 41.8. The maximum Gasteiger partial charge on any atom is 0.163 e. The number of unbranched alkanes of at least 4 members (excludes halogenated alkanes) is 2. The van der Waals surface area contributed by atoms with Crippen molar-refractivity contribution in [2.45, 2.75) is 95.9 Å². The van der Waals surface area contributed by atoms with Crippen molar-refractivity contribution in [3.8, 4) is 11.5 Å². The molecule has 8 nitrogen and oxygen atoms in total. The standard InChI is InChI=1S/C49H62N4O4/c1-51-46-23-21-39-32-52-25-24-44(39)45(46)15-8-4-7-14-42(54)31-43(55)22-20-37-29-48(57-2)47(56)28-40(37)27-41-33-53-49(50)30-38(41)19-18-36-13-9-12-35(26-36)17-16-34-10-5-3-6-11-34/h3,5-6,9-13,20,22,26,28-30,33,39,44-46,51-52,56H,4,7-8,14-19,21,23-25,27,31-32H2,1-2H3,(H2,50,53)/t39-,44-,45+,46-/m0/s1. The van der Waals surface area contributed by atoms with Gasteiger partial charge in [0, 0.05) is 18.7 Å². The van der Waals surface area contributed by atoms with Gasteiger partial charge in [0.25, 0.3) is 0 Å². The molecule has 0 radical (unpaired) electrons. The third-order valence-corrected chi connectivity index (χ3v) is 12.4. The lowest BCUT2D eigenvalue weighted by Gasteiger charge is -2.46. The summed E-state index contributed by atoms with van der Waals surface area (Å²) in [6, 6.07) is 25.3. The molecule has 302 valence electrons. The predicted octanol–water partition coefficient (Wildman–Crippen LogP) is 8.25. The molecule has 0 bridgehead atoms. The first-order valence-electron chi connectivity index (χ1n) is 21.1. The van der Waals surface area contributed by atoms with E-state index >= 15 is 0 Å². The minimum atomic E-state index is -0.227. The Hall–Kier alpha value is -4.79. The molecule has 1 saturated heterocycles. The van der Waals surface area contributed by atoms with Gasteiger partial charge in [-0.1, -0.05) is 73.5 Å².